The molecule has 0 aromatic heterocycles. The molecule has 2 aliphatic heterocycles. The van der Waals surface area contributed by atoms with E-state index in [1.54, 1.807) is 58.3 Å². The van der Waals surface area contributed by atoms with Crippen molar-refractivity contribution in [3.05, 3.63) is 190 Å². The molecule has 0 spiro atoms. The maximum atomic E-state index is 14.9. The lowest BCUT2D eigenvalue weighted by Gasteiger charge is -2.35. The molecule has 2 aliphatic rings. The van der Waals surface area contributed by atoms with Gasteiger partial charge in [0.1, 0.15) is 22.8 Å². The molecule has 426 valence electrons. The van der Waals surface area contributed by atoms with E-state index in [0.717, 1.165) is 40.9 Å². The van der Waals surface area contributed by atoms with Crippen molar-refractivity contribution >= 4 is 35.9 Å². The molecule has 2 heterocycles. The predicted octanol–water partition coefficient (Wildman–Crippen LogP) is 10.4. The summed E-state index contributed by atoms with van der Waals surface area (Å²) < 4.78 is 45.4. The van der Waals surface area contributed by atoms with Gasteiger partial charge in [-0.1, -0.05) is 60.7 Å². The van der Waals surface area contributed by atoms with E-state index < -0.39 is 29.0 Å². The van der Waals surface area contributed by atoms with Gasteiger partial charge in [-0.3, -0.25) is 19.4 Å². The Kier molecular flexibility index (Phi) is 20.1. The number of carboxylic acid groups (broad SMARTS) is 1. The second-order valence-corrected chi connectivity index (χ2v) is 21.8. The molecule has 0 unspecified atom stereocenters. The number of nitrogens with zero attached hydrogens (tertiary/aromatic N) is 4. The van der Waals surface area contributed by atoms with Gasteiger partial charge < -0.3 is 39.8 Å². The van der Waals surface area contributed by atoms with Crippen molar-refractivity contribution in [1.29, 1.82) is 0 Å². The molecule has 2 saturated heterocycles. The van der Waals surface area contributed by atoms with Crippen LogP contribution in [0.25, 0.3) is 22.3 Å². The van der Waals surface area contributed by atoms with Crippen LogP contribution in [-0.4, -0.2) is 131 Å². The number of benzene rings is 6. The van der Waals surface area contributed by atoms with Crippen LogP contribution in [0.4, 0.5) is 18.4 Å². The Morgan fingerprint density at radius 1 is 0.481 bits per heavy atom. The fourth-order valence-electron chi connectivity index (χ4n) is 9.10. The molecule has 0 radical (unpaired) electrons. The van der Waals surface area contributed by atoms with Crippen LogP contribution in [-0.2, 0) is 40.4 Å². The number of ether oxygens (including phenoxy) is 3. The van der Waals surface area contributed by atoms with Gasteiger partial charge in [-0.05, 0) is 148 Å². The van der Waals surface area contributed by atoms with Gasteiger partial charge in [-0.25, -0.2) is 28.0 Å². The number of carboxylic acids is 1. The van der Waals surface area contributed by atoms with E-state index in [-0.39, 0.29) is 59.5 Å². The van der Waals surface area contributed by atoms with Gasteiger partial charge >= 0.3 is 24.1 Å². The Labute approximate surface area is 471 Å². The van der Waals surface area contributed by atoms with Crippen LogP contribution >= 0.6 is 0 Å². The standard InChI is InChI=1S/C32H36FN3O5.C31H34FN3O5/c1-32(2,3)41-31(39)36-15-13-35(14-16-36)21-23-7-5-8-24(17-23)27-18-22(11-12-28(27)33)20-34-29(37)25-9-6-10-26(19-25)30(38)40-4;1-31(2,3)40-30(39)35-14-12-34(13-15-35)20-22-6-4-7-23(16-22)26-17-21(10-11-27(26)32)19-33-28(36)24-8-5-9-25(18-24)29(37)38/h5-12,17-19H,13-16,20-21H2,1-4H3,(H,34,37);4-11,16-18H,12-15,19-20H2,1-3H3,(H,33,36)(H,37,38). The van der Waals surface area contributed by atoms with Crippen LogP contribution in [0.3, 0.4) is 0 Å². The summed E-state index contributed by atoms with van der Waals surface area (Å²) in [5, 5.41) is 14.8. The smallest absolute Gasteiger partial charge is 0.410 e. The fraction of sp³-hybridized carbons (Fsp3) is 0.333. The zero-order valence-electron chi connectivity index (χ0n) is 46.9. The number of amides is 4. The van der Waals surface area contributed by atoms with Crippen LogP contribution in [0.5, 0.6) is 0 Å². The van der Waals surface area contributed by atoms with Gasteiger partial charge in [0.2, 0.25) is 0 Å². The molecular formula is C63H70F2N6O10. The van der Waals surface area contributed by atoms with Crippen molar-refractivity contribution in [2.45, 2.75) is 78.9 Å². The molecule has 6 aromatic rings. The predicted molar refractivity (Wildman–Crippen MR) is 303 cm³/mol. The third-order valence-corrected chi connectivity index (χ3v) is 13.2. The Hall–Kier alpha value is -8.48. The largest absolute Gasteiger partial charge is 0.478 e. The van der Waals surface area contributed by atoms with Gasteiger partial charge in [0.15, 0.2) is 0 Å². The second-order valence-electron chi connectivity index (χ2n) is 21.8. The van der Waals surface area contributed by atoms with E-state index >= 15 is 0 Å². The monoisotopic (exact) mass is 1110 g/mol. The van der Waals surface area contributed by atoms with Crippen LogP contribution in [0, 0.1) is 11.6 Å². The number of carbonyl (C=O) groups excluding carboxylic acids is 5. The Balaban J connectivity index is 0.000000234. The number of rotatable bonds is 14. The minimum atomic E-state index is -1.11. The van der Waals surface area contributed by atoms with E-state index in [1.165, 1.54) is 43.5 Å². The molecule has 0 atom stereocenters. The van der Waals surface area contributed by atoms with Gasteiger partial charge in [-0.15, -0.1) is 0 Å². The molecular weight excluding hydrogens is 1040 g/mol. The lowest BCUT2D eigenvalue weighted by molar-refractivity contribution is 0.0129. The van der Waals surface area contributed by atoms with Crippen molar-refractivity contribution in [3.63, 3.8) is 0 Å². The number of methoxy groups -OCH3 is 1. The molecule has 81 heavy (non-hydrogen) atoms. The molecule has 0 bridgehead atoms. The molecule has 2 fully saturated rings. The zero-order valence-corrected chi connectivity index (χ0v) is 46.9. The number of carbonyl (C=O) groups is 6. The normalized spacial score (nSPS) is 14.0. The highest BCUT2D eigenvalue weighted by Crippen LogP contribution is 2.28. The third-order valence-electron chi connectivity index (χ3n) is 13.2. The Bertz CT molecular complexity index is 3230. The fourth-order valence-corrected chi connectivity index (χ4v) is 9.10. The average Bonchev–Trinajstić information content (AvgIpc) is 3.55. The molecule has 8 rings (SSSR count). The summed E-state index contributed by atoms with van der Waals surface area (Å²) in [7, 11) is 1.28. The number of aromatic carboxylic acids is 1. The first-order valence-corrected chi connectivity index (χ1v) is 26.7. The van der Waals surface area contributed by atoms with Gasteiger partial charge in [0.25, 0.3) is 11.8 Å². The quantitative estimate of drug-likeness (QED) is 0.0693. The van der Waals surface area contributed by atoms with Crippen LogP contribution < -0.4 is 10.6 Å². The second kappa shape index (κ2) is 27.1. The van der Waals surface area contributed by atoms with E-state index in [2.05, 4.69) is 20.4 Å². The maximum Gasteiger partial charge on any atom is 0.410 e. The minimum absolute atomic E-state index is 0.0292. The molecule has 3 N–H and O–H groups in total. The lowest BCUT2D eigenvalue weighted by Crippen LogP contribution is -2.49. The van der Waals surface area contributed by atoms with Gasteiger partial charge in [-0.2, -0.15) is 0 Å². The zero-order chi connectivity index (χ0) is 58.4. The summed E-state index contributed by atoms with van der Waals surface area (Å²) >= 11 is 0. The summed E-state index contributed by atoms with van der Waals surface area (Å²) in [6.45, 7) is 18.0. The lowest BCUT2D eigenvalue weighted by atomic mass is 10.00. The van der Waals surface area contributed by atoms with Gasteiger partial charge in [0.05, 0.1) is 18.2 Å². The highest BCUT2D eigenvalue weighted by molar-refractivity contribution is 5.98. The summed E-state index contributed by atoms with van der Waals surface area (Å²) in [6, 6.07) is 37.0. The average molecular weight is 1110 g/mol. The number of hydrogen-bond acceptors (Lipinski definition) is 11. The van der Waals surface area contributed by atoms with Crippen LogP contribution in [0.15, 0.2) is 133 Å². The maximum absolute atomic E-state index is 14.9. The number of piperazine rings is 2. The number of esters is 1. The summed E-state index contributed by atoms with van der Waals surface area (Å²) in [4.78, 5) is 80.9. The number of halogens is 2. The van der Waals surface area contributed by atoms with E-state index in [9.17, 15) is 37.5 Å². The Morgan fingerprint density at radius 2 is 0.864 bits per heavy atom. The van der Waals surface area contributed by atoms with Crippen molar-refractivity contribution in [1.82, 2.24) is 30.2 Å². The number of hydrogen-bond donors (Lipinski definition) is 3. The van der Waals surface area contributed by atoms with Crippen LogP contribution in [0.1, 0.15) is 105 Å². The first-order chi connectivity index (χ1) is 38.5. The van der Waals surface area contributed by atoms with Crippen molar-refractivity contribution in [2.75, 3.05) is 59.5 Å². The summed E-state index contributed by atoms with van der Waals surface area (Å²) in [5.41, 5.74) is 5.69. The molecule has 0 aliphatic carbocycles. The van der Waals surface area contributed by atoms with Gasteiger partial charge in [0, 0.05) is 101 Å². The highest BCUT2D eigenvalue weighted by atomic mass is 19.1. The first kappa shape index (κ1) is 60.2. The topological polar surface area (TPSA) is 187 Å². The van der Waals surface area contributed by atoms with Crippen molar-refractivity contribution in [3.8, 4) is 22.3 Å². The SMILES string of the molecule is CC(C)(C)OC(=O)N1CCN(Cc2cccc(-c3cc(CNC(=O)c4cccc(C(=O)O)c4)ccc3F)c2)CC1.COC(=O)c1cccc(C(=O)NCc2ccc(F)c(-c3cccc(CN4CCN(C(=O)OC(C)(C)C)CC4)c3)c2)c1. The summed E-state index contributed by atoms with van der Waals surface area (Å²) in [5.74, 6) is -3.12. The minimum Gasteiger partial charge on any atom is -0.478 e. The number of nitrogens with one attached hydrogen (secondary N) is 2. The van der Waals surface area contributed by atoms with E-state index in [4.69, 9.17) is 19.3 Å². The molecule has 0 saturated carbocycles. The Morgan fingerprint density at radius 3 is 1.26 bits per heavy atom. The molecule has 16 nitrogen and oxygen atoms in total. The first-order valence-electron chi connectivity index (χ1n) is 26.7. The summed E-state index contributed by atoms with van der Waals surface area (Å²) in [6.07, 6.45) is -0.588. The van der Waals surface area contributed by atoms with E-state index in [1.807, 2.05) is 90.1 Å². The molecule has 6 aromatic carbocycles. The highest BCUT2D eigenvalue weighted by Gasteiger charge is 2.28. The van der Waals surface area contributed by atoms with Crippen molar-refractivity contribution < 1.29 is 56.9 Å². The molecule has 4 amide bonds. The van der Waals surface area contributed by atoms with Crippen molar-refractivity contribution in [2.24, 2.45) is 0 Å². The molecule has 18 heteroatoms. The van der Waals surface area contributed by atoms with Crippen LogP contribution in [0.2, 0.25) is 0 Å². The third kappa shape index (κ3) is 17.8. The van der Waals surface area contributed by atoms with E-state index in [0.29, 0.717) is 74.6 Å².